The molecule has 1 aliphatic heterocycles. The van der Waals surface area contributed by atoms with Crippen molar-refractivity contribution in [3.05, 3.63) is 29.3 Å². The van der Waals surface area contributed by atoms with Crippen molar-refractivity contribution in [3.63, 3.8) is 0 Å². The average molecular weight is 259 g/mol. The molecule has 19 heavy (non-hydrogen) atoms. The lowest BCUT2D eigenvalue weighted by atomic mass is 9.69. The molecule has 1 heterocycles. The predicted molar refractivity (Wildman–Crippen MR) is 85.1 cm³/mol. The summed E-state index contributed by atoms with van der Waals surface area (Å²) in [6.45, 7) is 15.0. The average Bonchev–Trinajstić information content (AvgIpc) is 2.68. The van der Waals surface area contributed by atoms with Crippen LogP contribution >= 0.6 is 0 Å². The van der Waals surface area contributed by atoms with Gasteiger partial charge in [-0.25, -0.2) is 0 Å². The van der Waals surface area contributed by atoms with Gasteiger partial charge in [0.2, 0.25) is 0 Å². The Labute approximate surface area is 118 Å². The summed E-state index contributed by atoms with van der Waals surface area (Å²) in [5, 5.41) is 3.64. The summed E-state index contributed by atoms with van der Waals surface area (Å²) >= 11 is 0. The molecule has 0 bridgehead atoms. The monoisotopic (exact) mass is 259 g/mol. The van der Waals surface area contributed by atoms with E-state index in [-0.39, 0.29) is 5.41 Å². The van der Waals surface area contributed by atoms with Crippen LogP contribution in [0.15, 0.2) is 18.2 Å². The molecule has 0 saturated carbocycles. The van der Waals surface area contributed by atoms with Crippen LogP contribution in [0.5, 0.6) is 0 Å². The second-order valence-corrected chi connectivity index (χ2v) is 7.42. The molecule has 1 aromatic rings. The molecule has 106 valence electrons. The van der Waals surface area contributed by atoms with Crippen LogP contribution in [0, 0.1) is 5.92 Å². The van der Waals surface area contributed by atoms with E-state index in [4.69, 9.17) is 0 Å². The third kappa shape index (κ3) is 2.40. The maximum Gasteiger partial charge on any atom is 0.0379 e. The Kier molecular flexibility index (Phi) is 3.68. The van der Waals surface area contributed by atoms with E-state index in [1.54, 1.807) is 5.56 Å². The first kappa shape index (κ1) is 14.4. The molecular formula is C18H29N. The fraction of sp³-hybridized carbons (Fsp3) is 0.667. The fourth-order valence-corrected chi connectivity index (χ4v) is 3.40. The zero-order chi connectivity index (χ0) is 14.3. The zero-order valence-electron chi connectivity index (χ0n) is 13.4. The van der Waals surface area contributed by atoms with Gasteiger partial charge in [0.15, 0.2) is 0 Å². The maximum atomic E-state index is 3.64. The van der Waals surface area contributed by atoms with Gasteiger partial charge in [-0.15, -0.1) is 0 Å². The highest BCUT2D eigenvalue weighted by atomic mass is 14.9. The van der Waals surface area contributed by atoms with E-state index in [1.807, 2.05) is 0 Å². The maximum absolute atomic E-state index is 3.64. The quantitative estimate of drug-likeness (QED) is 0.796. The lowest BCUT2D eigenvalue weighted by Gasteiger charge is -2.34. The summed E-state index contributed by atoms with van der Waals surface area (Å²) in [7, 11) is 0. The molecule has 1 aromatic carbocycles. The summed E-state index contributed by atoms with van der Waals surface area (Å²) in [6, 6.07) is 7.04. The van der Waals surface area contributed by atoms with Gasteiger partial charge in [0.25, 0.3) is 0 Å². The van der Waals surface area contributed by atoms with Gasteiger partial charge in [-0.2, -0.15) is 0 Å². The Balaban J connectivity index is 2.52. The highest BCUT2D eigenvalue weighted by Gasteiger charge is 2.41. The van der Waals surface area contributed by atoms with Gasteiger partial charge in [-0.3, -0.25) is 0 Å². The highest BCUT2D eigenvalue weighted by Crippen LogP contribution is 2.46. The third-order valence-electron chi connectivity index (χ3n) is 4.82. The summed E-state index contributed by atoms with van der Waals surface area (Å²) in [5.41, 5.74) is 4.92. The molecule has 0 aliphatic carbocycles. The second kappa shape index (κ2) is 4.85. The number of hydrogen-bond acceptors (Lipinski definition) is 1. The van der Waals surface area contributed by atoms with Crippen molar-refractivity contribution in [2.45, 2.75) is 65.2 Å². The minimum atomic E-state index is 0.229. The standard InChI is InChI=1S/C18H29N/c1-7-10-18(13(2)3)12-19-16-9-8-14(11-15(16)18)17(4,5)6/h8-9,11,13,19H,7,10,12H2,1-6H3. The Morgan fingerprint density at radius 2 is 1.95 bits per heavy atom. The van der Waals surface area contributed by atoms with Crippen LogP contribution in [0.1, 0.15) is 65.5 Å². The lowest BCUT2D eigenvalue weighted by molar-refractivity contribution is 0.310. The Morgan fingerprint density at radius 3 is 2.47 bits per heavy atom. The minimum absolute atomic E-state index is 0.229. The Hall–Kier alpha value is -0.980. The van der Waals surface area contributed by atoms with E-state index in [0.717, 1.165) is 6.54 Å². The predicted octanol–water partition coefficient (Wildman–Crippen LogP) is 5.10. The number of nitrogens with one attached hydrogen (secondary N) is 1. The number of fused-ring (bicyclic) bond motifs is 1. The zero-order valence-corrected chi connectivity index (χ0v) is 13.4. The molecule has 0 aromatic heterocycles. The number of anilines is 1. The second-order valence-electron chi connectivity index (χ2n) is 7.42. The summed E-state index contributed by atoms with van der Waals surface area (Å²) in [5.74, 6) is 0.677. The van der Waals surface area contributed by atoms with Crippen LogP contribution in [0.3, 0.4) is 0 Å². The molecule has 1 unspecified atom stereocenters. The van der Waals surface area contributed by atoms with Crippen molar-refractivity contribution in [1.82, 2.24) is 0 Å². The van der Waals surface area contributed by atoms with E-state index in [9.17, 15) is 0 Å². The molecule has 0 spiro atoms. The van der Waals surface area contributed by atoms with Crippen molar-refractivity contribution < 1.29 is 0 Å². The first-order chi connectivity index (χ1) is 8.81. The molecule has 1 nitrogen and oxygen atoms in total. The Bertz CT molecular complexity index is 449. The van der Waals surface area contributed by atoms with E-state index in [0.29, 0.717) is 11.3 Å². The van der Waals surface area contributed by atoms with Crippen molar-refractivity contribution in [3.8, 4) is 0 Å². The molecule has 0 fully saturated rings. The number of benzene rings is 1. The van der Waals surface area contributed by atoms with Gasteiger partial charge < -0.3 is 5.32 Å². The first-order valence-electron chi connectivity index (χ1n) is 7.70. The number of rotatable bonds is 3. The van der Waals surface area contributed by atoms with Gasteiger partial charge in [0.05, 0.1) is 0 Å². The molecule has 1 aliphatic rings. The van der Waals surface area contributed by atoms with Crippen molar-refractivity contribution in [2.75, 3.05) is 11.9 Å². The molecule has 1 heteroatoms. The van der Waals surface area contributed by atoms with Gasteiger partial charge in [-0.05, 0) is 34.9 Å². The van der Waals surface area contributed by atoms with E-state index >= 15 is 0 Å². The summed E-state index contributed by atoms with van der Waals surface area (Å²) in [6.07, 6.45) is 2.53. The van der Waals surface area contributed by atoms with Gasteiger partial charge >= 0.3 is 0 Å². The van der Waals surface area contributed by atoms with Crippen LogP contribution in [0.25, 0.3) is 0 Å². The Morgan fingerprint density at radius 1 is 1.26 bits per heavy atom. The third-order valence-corrected chi connectivity index (χ3v) is 4.82. The smallest absolute Gasteiger partial charge is 0.0379 e. The first-order valence-corrected chi connectivity index (χ1v) is 7.70. The van der Waals surface area contributed by atoms with E-state index in [2.05, 4.69) is 65.1 Å². The van der Waals surface area contributed by atoms with Crippen molar-refractivity contribution in [2.24, 2.45) is 5.92 Å². The number of hydrogen-bond donors (Lipinski definition) is 1. The topological polar surface area (TPSA) is 12.0 Å². The van der Waals surface area contributed by atoms with Gasteiger partial charge in [-0.1, -0.05) is 60.1 Å². The highest BCUT2D eigenvalue weighted by molar-refractivity contribution is 5.62. The van der Waals surface area contributed by atoms with Crippen LogP contribution < -0.4 is 5.32 Å². The summed E-state index contributed by atoms with van der Waals surface area (Å²) < 4.78 is 0. The molecule has 0 amide bonds. The molecule has 1 atom stereocenters. The molecule has 2 rings (SSSR count). The van der Waals surface area contributed by atoms with Gasteiger partial charge in [0, 0.05) is 17.6 Å². The van der Waals surface area contributed by atoms with Crippen LogP contribution in [-0.4, -0.2) is 6.54 Å². The van der Waals surface area contributed by atoms with E-state index < -0.39 is 0 Å². The van der Waals surface area contributed by atoms with Crippen molar-refractivity contribution >= 4 is 5.69 Å². The summed E-state index contributed by atoms with van der Waals surface area (Å²) in [4.78, 5) is 0. The van der Waals surface area contributed by atoms with Crippen molar-refractivity contribution in [1.29, 1.82) is 0 Å². The van der Waals surface area contributed by atoms with Gasteiger partial charge in [0.1, 0.15) is 0 Å². The van der Waals surface area contributed by atoms with Crippen LogP contribution in [0.2, 0.25) is 0 Å². The minimum Gasteiger partial charge on any atom is -0.384 e. The van der Waals surface area contributed by atoms with Crippen LogP contribution in [0.4, 0.5) is 5.69 Å². The molecular weight excluding hydrogens is 230 g/mol. The normalized spacial score (nSPS) is 22.5. The SMILES string of the molecule is CCCC1(C(C)C)CNc2ccc(C(C)(C)C)cc21. The van der Waals surface area contributed by atoms with Crippen LogP contribution in [-0.2, 0) is 10.8 Å². The molecule has 0 saturated heterocycles. The lowest BCUT2D eigenvalue weighted by Crippen LogP contribution is -2.34. The molecule has 0 radical (unpaired) electrons. The molecule has 1 N–H and O–H groups in total. The fourth-order valence-electron chi connectivity index (χ4n) is 3.40. The largest absolute Gasteiger partial charge is 0.384 e. The van der Waals surface area contributed by atoms with E-state index in [1.165, 1.54) is 24.1 Å².